The van der Waals surface area contributed by atoms with Crippen molar-refractivity contribution in [3.8, 4) is 23.3 Å². The first kappa shape index (κ1) is 21.1. The second kappa shape index (κ2) is 10.2. The van der Waals surface area contributed by atoms with Gasteiger partial charge in [0.25, 0.3) is 5.91 Å². The molecule has 0 heterocycles. The minimum absolute atomic E-state index is 0.0569. The number of rotatable bonds is 8. The Morgan fingerprint density at radius 1 is 1.11 bits per heavy atom. The number of carbonyl (C=O) groups excluding carboxylic acids is 1. The van der Waals surface area contributed by atoms with Gasteiger partial charge in [-0.2, -0.15) is 5.26 Å². The van der Waals surface area contributed by atoms with Gasteiger partial charge in [-0.05, 0) is 55.8 Å². The maximum atomic E-state index is 12.5. The molecule has 0 aliphatic rings. The van der Waals surface area contributed by atoms with Gasteiger partial charge in [0.05, 0.1) is 25.3 Å². The van der Waals surface area contributed by atoms with Gasteiger partial charge in [-0.3, -0.25) is 4.79 Å². The zero-order valence-corrected chi connectivity index (χ0v) is 16.7. The van der Waals surface area contributed by atoms with Crippen LogP contribution >= 0.6 is 11.6 Å². The Kier molecular flexibility index (Phi) is 7.73. The maximum absolute atomic E-state index is 12.5. The lowest BCUT2D eigenvalue weighted by Crippen LogP contribution is -2.13. The zero-order chi connectivity index (χ0) is 20.5. The lowest BCUT2D eigenvalue weighted by molar-refractivity contribution is -0.112. The number of hydrogen-bond donors (Lipinski definition) is 1. The second-order valence-electron chi connectivity index (χ2n) is 5.55. The average Bonchev–Trinajstić information content (AvgIpc) is 2.68. The molecule has 146 valence electrons. The summed E-state index contributed by atoms with van der Waals surface area (Å²) in [7, 11) is 1.50. The molecule has 0 aromatic heterocycles. The molecule has 7 heteroatoms. The van der Waals surface area contributed by atoms with Gasteiger partial charge in [0, 0.05) is 5.69 Å². The van der Waals surface area contributed by atoms with E-state index in [0.717, 1.165) is 0 Å². The summed E-state index contributed by atoms with van der Waals surface area (Å²) in [5, 5.41) is 12.4. The summed E-state index contributed by atoms with van der Waals surface area (Å²) in [5.41, 5.74) is 1.04. The minimum Gasteiger partial charge on any atom is -0.495 e. The summed E-state index contributed by atoms with van der Waals surface area (Å²) in [6.07, 6.45) is 1.48. The molecule has 0 bridgehead atoms. The van der Waals surface area contributed by atoms with Crippen LogP contribution in [0.2, 0.25) is 5.02 Å². The Balaban J connectivity index is 2.25. The van der Waals surface area contributed by atoms with Crippen molar-refractivity contribution in [2.24, 2.45) is 0 Å². The van der Waals surface area contributed by atoms with Gasteiger partial charge in [-0.1, -0.05) is 17.7 Å². The summed E-state index contributed by atoms with van der Waals surface area (Å²) in [6.45, 7) is 4.72. The van der Waals surface area contributed by atoms with E-state index in [-0.39, 0.29) is 5.57 Å². The van der Waals surface area contributed by atoms with E-state index in [2.05, 4.69) is 5.32 Å². The molecule has 28 heavy (non-hydrogen) atoms. The number of hydrogen-bond acceptors (Lipinski definition) is 5. The molecule has 0 saturated carbocycles. The average molecular weight is 401 g/mol. The summed E-state index contributed by atoms with van der Waals surface area (Å²) >= 11 is 6.06. The van der Waals surface area contributed by atoms with Crippen molar-refractivity contribution < 1.29 is 19.0 Å². The van der Waals surface area contributed by atoms with E-state index in [9.17, 15) is 10.1 Å². The van der Waals surface area contributed by atoms with E-state index in [1.54, 1.807) is 36.4 Å². The van der Waals surface area contributed by atoms with Crippen molar-refractivity contribution in [1.29, 1.82) is 5.26 Å². The topological polar surface area (TPSA) is 80.6 Å². The lowest BCUT2D eigenvalue weighted by Gasteiger charge is -2.11. The number of anilines is 1. The molecule has 0 atom stereocenters. The summed E-state index contributed by atoms with van der Waals surface area (Å²) in [4.78, 5) is 12.5. The molecule has 1 amide bonds. The van der Waals surface area contributed by atoms with Crippen LogP contribution in [-0.2, 0) is 4.79 Å². The summed E-state index contributed by atoms with van der Waals surface area (Å²) in [5.74, 6) is 1.11. The molecule has 0 aliphatic heterocycles. The van der Waals surface area contributed by atoms with Crippen LogP contribution in [0, 0.1) is 11.3 Å². The fourth-order valence-electron chi connectivity index (χ4n) is 2.42. The van der Waals surface area contributed by atoms with Crippen molar-refractivity contribution in [1.82, 2.24) is 0 Å². The number of nitriles is 1. The molecular formula is C21H21ClN2O4. The number of amides is 1. The van der Waals surface area contributed by atoms with Crippen LogP contribution in [0.5, 0.6) is 17.2 Å². The zero-order valence-electron chi connectivity index (χ0n) is 15.9. The van der Waals surface area contributed by atoms with Crippen LogP contribution in [-0.4, -0.2) is 26.2 Å². The Morgan fingerprint density at radius 2 is 1.79 bits per heavy atom. The highest BCUT2D eigenvalue weighted by atomic mass is 35.5. The number of benzene rings is 2. The number of nitrogens with zero attached hydrogens (tertiary/aromatic N) is 1. The van der Waals surface area contributed by atoms with Crippen LogP contribution in [0.4, 0.5) is 5.69 Å². The first-order valence-corrected chi connectivity index (χ1v) is 9.06. The van der Waals surface area contributed by atoms with Gasteiger partial charge in [0.15, 0.2) is 11.5 Å². The van der Waals surface area contributed by atoms with Crippen molar-refractivity contribution in [3.63, 3.8) is 0 Å². The molecule has 0 unspecified atom stereocenters. The van der Waals surface area contributed by atoms with E-state index < -0.39 is 5.91 Å². The molecular weight excluding hydrogens is 380 g/mol. The third kappa shape index (κ3) is 5.41. The van der Waals surface area contributed by atoms with Crippen molar-refractivity contribution in [3.05, 3.63) is 52.6 Å². The van der Waals surface area contributed by atoms with Crippen molar-refractivity contribution in [2.45, 2.75) is 13.8 Å². The second-order valence-corrected chi connectivity index (χ2v) is 5.95. The molecule has 0 fully saturated rings. The molecule has 2 rings (SSSR count). The Labute approximate surface area is 169 Å². The molecule has 2 aromatic rings. The fraction of sp³-hybridized carbons (Fsp3) is 0.238. The third-order valence-electron chi connectivity index (χ3n) is 3.65. The predicted molar refractivity (Wildman–Crippen MR) is 109 cm³/mol. The molecule has 0 saturated heterocycles. The Morgan fingerprint density at radius 3 is 2.39 bits per heavy atom. The molecule has 0 spiro atoms. The maximum Gasteiger partial charge on any atom is 0.266 e. The van der Waals surface area contributed by atoms with E-state index in [4.69, 9.17) is 25.8 Å². The highest BCUT2D eigenvalue weighted by molar-refractivity contribution is 6.32. The van der Waals surface area contributed by atoms with Gasteiger partial charge >= 0.3 is 0 Å². The Hall–Kier alpha value is -3.17. The molecule has 1 N–H and O–H groups in total. The van der Waals surface area contributed by atoms with Crippen LogP contribution in [0.3, 0.4) is 0 Å². The van der Waals surface area contributed by atoms with Crippen molar-refractivity contribution >= 4 is 29.3 Å². The van der Waals surface area contributed by atoms with E-state index in [0.29, 0.717) is 46.7 Å². The number of ether oxygens (including phenoxy) is 3. The molecule has 6 nitrogen and oxygen atoms in total. The third-order valence-corrected chi connectivity index (χ3v) is 3.95. The first-order valence-electron chi connectivity index (χ1n) is 8.68. The SMILES string of the molecule is CCOc1ccc(C=C(C#N)C(=O)Nc2ccc(OC)c(Cl)c2)cc1OCC. The van der Waals surface area contributed by atoms with E-state index >= 15 is 0 Å². The summed E-state index contributed by atoms with van der Waals surface area (Å²) < 4.78 is 16.2. The van der Waals surface area contributed by atoms with Crippen molar-refractivity contribution in [2.75, 3.05) is 25.6 Å². The highest BCUT2D eigenvalue weighted by Crippen LogP contribution is 2.30. The fourth-order valence-corrected chi connectivity index (χ4v) is 2.67. The number of nitrogens with one attached hydrogen (secondary N) is 1. The van der Waals surface area contributed by atoms with Gasteiger partial charge in [-0.25, -0.2) is 0 Å². The Bertz CT molecular complexity index is 919. The number of carbonyl (C=O) groups is 1. The molecule has 2 aromatic carbocycles. The van der Waals surface area contributed by atoms with E-state index in [1.165, 1.54) is 13.2 Å². The highest BCUT2D eigenvalue weighted by Gasteiger charge is 2.12. The standard InChI is InChI=1S/C21H21ClN2O4/c1-4-27-19-8-6-14(11-20(19)28-5-2)10-15(13-23)21(25)24-16-7-9-18(26-3)17(22)12-16/h6-12H,4-5H2,1-3H3,(H,24,25). The van der Waals surface area contributed by atoms with Gasteiger partial charge in [0.2, 0.25) is 0 Å². The summed E-state index contributed by atoms with van der Waals surface area (Å²) in [6, 6.07) is 12.0. The van der Waals surface area contributed by atoms with Gasteiger partial charge < -0.3 is 19.5 Å². The quantitative estimate of drug-likeness (QED) is 0.513. The number of halogens is 1. The minimum atomic E-state index is -0.546. The largest absolute Gasteiger partial charge is 0.495 e. The molecule has 0 aliphatic carbocycles. The van der Waals surface area contributed by atoms with Crippen LogP contribution in [0.1, 0.15) is 19.4 Å². The normalized spacial score (nSPS) is 10.8. The molecule has 0 radical (unpaired) electrons. The smallest absolute Gasteiger partial charge is 0.266 e. The van der Waals surface area contributed by atoms with E-state index in [1.807, 2.05) is 19.9 Å². The van der Waals surface area contributed by atoms with Gasteiger partial charge in [0.1, 0.15) is 17.4 Å². The lowest BCUT2D eigenvalue weighted by atomic mass is 10.1. The first-order chi connectivity index (χ1) is 13.5. The predicted octanol–water partition coefficient (Wildman–Crippen LogP) is 4.69. The van der Waals surface area contributed by atoms with Crippen LogP contribution in [0.25, 0.3) is 6.08 Å². The monoisotopic (exact) mass is 400 g/mol. The number of methoxy groups -OCH3 is 1. The van der Waals surface area contributed by atoms with Crippen LogP contribution < -0.4 is 19.5 Å². The van der Waals surface area contributed by atoms with Gasteiger partial charge in [-0.15, -0.1) is 0 Å². The van der Waals surface area contributed by atoms with Crippen LogP contribution in [0.15, 0.2) is 42.0 Å².